The molecule has 9 nitrogen and oxygen atoms in total. The summed E-state index contributed by atoms with van der Waals surface area (Å²) >= 11 is 0. The Bertz CT molecular complexity index is 1350. The highest BCUT2D eigenvalue weighted by molar-refractivity contribution is 5.99. The number of halogens is 1. The summed E-state index contributed by atoms with van der Waals surface area (Å²) in [6.45, 7) is 1.89. The number of carboxylic acid groups (broad SMARTS) is 1. The van der Waals surface area contributed by atoms with Crippen molar-refractivity contribution in [3.8, 4) is 0 Å². The molecule has 10 heteroatoms. The van der Waals surface area contributed by atoms with Crippen molar-refractivity contribution < 1.29 is 33.4 Å². The number of carbonyl (C=O) groups excluding carboxylic acids is 3. The summed E-state index contributed by atoms with van der Waals surface area (Å²) in [7, 11) is 0. The number of nitrogens with zero attached hydrogens (tertiary/aromatic N) is 2. The number of amides is 3. The first-order chi connectivity index (χ1) is 18.7. The summed E-state index contributed by atoms with van der Waals surface area (Å²) in [5.41, 5.74) is 2.29. The number of carboxylic acids is 1. The van der Waals surface area contributed by atoms with Crippen molar-refractivity contribution in [3.63, 3.8) is 0 Å². The second-order valence-electron chi connectivity index (χ2n) is 9.19. The smallest absolute Gasteiger partial charge is 0.412 e. The van der Waals surface area contributed by atoms with Gasteiger partial charge in [0.2, 0.25) is 0 Å². The van der Waals surface area contributed by atoms with Crippen molar-refractivity contribution in [2.45, 2.75) is 32.2 Å². The maximum atomic E-state index is 13.7. The number of nitrogens with one attached hydrogen (secondary N) is 1. The average Bonchev–Trinajstić information content (AvgIpc) is 3.37. The van der Waals surface area contributed by atoms with Crippen LogP contribution >= 0.6 is 0 Å². The molecule has 2 unspecified atom stereocenters. The molecule has 0 radical (unpaired) electrons. The van der Waals surface area contributed by atoms with E-state index in [1.807, 2.05) is 19.1 Å². The van der Waals surface area contributed by atoms with Gasteiger partial charge in [0.15, 0.2) is 6.17 Å². The van der Waals surface area contributed by atoms with E-state index < -0.39 is 48.3 Å². The van der Waals surface area contributed by atoms with E-state index >= 15 is 0 Å². The molecule has 1 fully saturated rings. The van der Waals surface area contributed by atoms with Gasteiger partial charge in [-0.05, 0) is 42.3 Å². The molecule has 3 aromatic rings. The minimum absolute atomic E-state index is 0.0312. The number of carbonyl (C=O) groups is 4. The SMILES string of the molecule is Cc1cccc(C(=O)N2CCN(C(=O)OCc3ccccc3)C2C(=O)NC(CC(=O)O)c2ccc(F)cc2)c1. The van der Waals surface area contributed by atoms with Crippen molar-refractivity contribution in [1.82, 2.24) is 15.1 Å². The maximum Gasteiger partial charge on any atom is 0.412 e. The van der Waals surface area contributed by atoms with Gasteiger partial charge in [0.05, 0.1) is 12.5 Å². The fourth-order valence-electron chi connectivity index (χ4n) is 4.43. The van der Waals surface area contributed by atoms with Crippen molar-refractivity contribution in [3.05, 3.63) is 107 Å². The van der Waals surface area contributed by atoms with Gasteiger partial charge in [0.1, 0.15) is 12.4 Å². The van der Waals surface area contributed by atoms with Crippen LogP contribution < -0.4 is 5.32 Å². The Balaban J connectivity index is 1.60. The molecule has 1 heterocycles. The third-order valence-corrected chi connectivity index (χ3v) is 6.34. The Morgan fingerprint density at radius 1 is 0.974 bits per heavy atom. The third kappa shape index (κ3) is 6.78. The van der Waals surface area contributed by atoms with E-state index in [1.165, 1.54) is 17.0 Å². The average molecular weight is 534 g/mol. The number of hydrogen-bond acceptors (Lipinski definition) is 5. The number of aliphatic carboxylic acids is 1. The molecule has 0 aliphatic carbocycles. The molecule has 2 N–H and O–H groups in total. The molecule has 1 aliphatic rings. The molecule has 0 saturated carbocycles. The van der Waals surface area contributed by atoms with E-state index in [0.29, 0.717) is 11.1 Å². The summed E-state index contributed by atoms with van der Waals surface area (Å²) < 4.78 is 18.9. The van der Waals surface area contributed by atoms with Gasteiger partial charge < -0.3 is 20.1 Å². The maximum absolute atomic E-state index is 13.7. The van der Waals surface area contributed by atoms with E-state index in [-0.39, 0.29) is 19.7 Å². The number of ether oxygens (including phenoxy) is 1. The lowest BCUT2D eigenvalue weighted by Gasteiger charge is -2.30. The topological polar surface area (TPSA) is 116 Å². The van der Waals surface area contributed by atoms with Crippen LogP contribution in [0.25, 0.3) is 0 Å². The molecular formula is C29H28FN3O6. The lowest BCUT2D eigenvalue weighted by Crippen LogP contribution is -2.54. The highest BCUT2D eigenvalue weighted by atomic mass is 19.1. The molecule has 3 amide bonds. The van der Waals surface area contributed by atoms with Crippen LogP contribution in [0.5, 0.6) is 0 Å². The van der Waals surface area contributed by atoms with Gasteiger partial charge in [-0.15, -0.1) is 0 Å². The predicted octanol–water partition coefficient (Wildman–Crippen LogP) is 3.89. The number of hydrogen-bond donors (Lipinski definition) is 2. The monoisotopic (exact) mass is 533 g/mol. The van der Waals surface area contributed by atoms with Crippen molar-refractivity contribution in [1.29, 1.82) is 0 Å². The minimum Gasteiger partial charge on any atom is -0.481 e. The zero-order valence-corrected chi connectivity index (χ0v) is 21.2. The molecular weight excluding hydrogens is 505 g/mol. The standard InChI is InChI=1S/C29H28FN3O6/c1-19-6-5-9-22(16-19)28(37)32-14-15-33(29(38)39-18-20-7-3-2-4-8-20)27(32)26(36)31-24(17-25(34)35)21-10-12-23(30)13-11-21/h2-13,16,24,27H,14-15,17-18H2,1H3,(H,31,36)(H,34,35). The predicted molar refractivity (Wildman–Crippen MR) is 139 cm³/mol. The van der Waals surface area contributed by atoms with Crippen LogP contribution in [0.4, 0.5) is 9.18 Å². The molecule has 1 saturated heterocycles. The van der Waals surface area contributed by atoms with Gasteiger partial charge in [0.25, 0.3) is 11.8 Å². The summed E-state index contributed by atoms with van der Waals surface area (Å²) in [4.78, 5) is 54.2. The molecule has 39 heavy (non-hydrogen) atoms. The zero-order valence-electron chi connectivity index (χ0n) is 21.2. The van der Waals surface area contributed by atoms with Crippen LogP contribution in [0, 0.1) is 12.7 Å². The molecule has 202 valence electrons. The Morgan fingerprint density at radius 2 is 1.67 bits per heavy atom. The molecule has 0 spiro atoms. The lowest BCUT2D eigenvalue weighted by atomic mass is 10.0. The first-order valence-electron chi connectivity index (χ1n) is 12.4. The quantitative estimate of drug-likeness (QED) is 0.454. The molecule has 0 aromatic heterocycles. The third-order valence-electron chi connectivity index (χ3n) is 6.34. The Kier molecular flexibility index (Phi) is 8.55. The second-order valence-corrected chi connectivity index (χ2v) is 9.19. The Morgan fingerprint density at radius 3 is 2.33 bits per heavy atom. The van der Waals surface area contributed by atoms with Gasteiger partial charge in [-0.25, -0.2) is 9.18 Å². The van der Waals surface area contributed by atoms with Crippen LogP contribution in [-0.2, 0) is 20.9 Å². The van der Waals surface area contributed by atoms with Crippen molar-refractivity contribution >= 4 is 23.9 Å². The summed E-state index contributed by atoms with van der Waals surface area (Å²) in [5.74, 6) is -2.94. The summed E-state index contributed by atoms with van der Waals surface area (Å²) in [6.07, 6.45) is -2.68. The molecule has 2 atom stereocenters. The van der Waals surface area contributed by atoms with Gasteiger partial charge in [0, 0.05) is 18.7 Å². The Labute approximate surface area is 224 Å². The molecule has 4 rings (SSSR count). The summed E-state index contributed by atoms with van der Waals surface area (Å²) in [5, 5.41) is 12.1. The van der Waals surface area contributed by atoms with E-state index in [2.05, 4.69) is 5.32 Å². The number of benzene rings is 3. The second kappa shape index (κ2) is 12.2. The largest absolute Gasteiger partial charge is 0.481 e. The van der Waals surface area contributed by atoms with Crippen LogP contribution in [0.15, 0.2) is 78.9 Å². The highest BCUT2D eigenvalue weighted by Crippen LogP contribution is 2.23. The first kappa shape index (κ1) is 27.3. The van der Waals surface area contributed by atoms with Gasteiger partial charge in [-0.1, -0.05) is 60.2 Å². The highest BCUT2D eigenvalue weighted by Gasteiger charge is 2.44. The zero-order chi connectivity index (χ0) is 27.9. The van der Waals surface area contributed by atoms with E-state index in [0.717, 1.165) is 28.2 Å². The van der Waals surface area contributed by atoms with Crippen LogP contribution in [-0.4, -0.2) is 58.0 Å². The fraction of sp³-hybridized carbons (Fsp3) is 0.241. The lowest BCUT2D eigenvalue weighted by molar-refractivity contribution is -0.138. The van der Waals surface area contributed by atoms with Gasteiger partial charge in [-0.3, -0.25) is 19.3 Å². The van der Waals surface area contributed by atoms with E-state index in [4.69, 9.17) is 4.74 Å². The fourth-order valence-corrected chi connectivity index (χ4v) is 4.43. The van der Waals surface area contributed by atoms with Crippen LogP contribution in [0.1, 0.15) is 39.5 Å². The summed E-state index contributed by atoms with van der Waals surface area (Å²) in [6, 6.07) is 19.9. The Hall–Kier alpha value is -4.73. The molecule has 0 bridgehead atoms. The van der Waals surface area contributed by atoms with Crippen molar-refractivity contribution in [2.24, 2.45) is 0 Å². The van der Waals surface area contributed by atoms with Gasteiger partial charge >= 0.3 is 12.1 Å². The van der Waals surface area contributed by atoms with E-state index in [9.17, 15) is 28.7 Å². The van der Waals surface area contributed by atoms with Crippen LogP contribution in [0.3, 0.4) is 0 Å². The number of aryl methyl sites for hydroxylation is 1. The van der Waals surface area contributed by atoms with E-state index in [1.54, 1.807) is 42.5 Å². The first-order valence-corrected chi connectivity index (χ1v) is 12.4. The van der Waals surface area contributed by atoms with Crippen molar-refractivity contribution in [2.75, 3.05) is 13.1 Å². The minimum atomic E-state index is -1.39. The molecule has 3 aromatic carbocycles. The van der Waals surface area contributed by atoms with Crippen LogP contribution in [0.2, 0.25) is 0 Å². The molecule has 1 aliphatic heterocycles. The number of rotatable bonds is 8. The normalized spacial score (nSPS) is 15.5. The van der Waals surface area contributed by atoms with Gasteiger partial charge in [-0.2, -0.15) is 0 Å².